The lowest BCUT2D eigenvalue weighted by Crippen LogP contribution is -2.48. The second-order valence-electron chi connectivity index (χ2n) is 9.00. The topological polar surface area (TPSA) is 89.8 Å². The quantitative estimate of drug-likeness (QED) is 0.373. The molecule has 0 bridgehead atoms. The number of hydrogen-bond acceptors (Lipinski definition) is 5. The number of para-hydroxylation sites is 1. The molecule has 0 spiro atoms. The van der Waals surface area contributed by atoms with Gasteiger partial charge in [-0.2, -0.15) is 0 Å². The smallest absolute Gasteiger partial charge is 0.408 e. The van der Waals surface area contributed by atoms with E-state index in [0.717, 1.165) is 21.9 Å². The van der Waals surface area contributed by atoms with Gasteiger partial charge in [-0.05, 0) is 44.5 Å². The number of benzene rings is 3. The SMILES string of the molecule is CC(C)(C)OC(=O)N[C@@H](COCc1ccccc1)C(=O)Nc1ccc2c(c1)oc1ccccc12. The number of rotatable bonds is 7. The van der Waals surface area contributed by atoms with Crippen LogP contribution in [0.15, 0.2) is 77.2 Å². The molecule has 176 valence electrons. The minimum atomic E-state index is -0.954. The van der Waals surface area contributed by atoms with E-state index in [4.69, 9.17) is 13.9 Å². The molecule has 4 rings (SSSR count). The highest BCUT2D eigenvalue weighted by Crippen LogP contribution is 2.30. The van der Waals surface area contributed by atoms with E-state index in [1.807, 2.05) is 60.7 Å². The van der Waals surface area contributed by atoms with Gasteiger partial charge in [0.25, 0.3) is 0 Å². The van der Waals surface area contributed by atoms with Gasteiger partial charge < -0.3 is 24.5 Å². The van der Waals surface area contributed by atoms with E-state index in [9.17, 15) is 9.59 Å². The number of anilines is 1. The molecule has 0 unspecified atom stereocenters. The Morgan fingerprint density at radius 2 is 1.62 bits per heavy atom. The number of furan rings is 1. The highest BCUT2D eigenvalue weighted by Gasteiger charge is 2.25. The average Bonchev–Trinajstić information content (AvgIpc) is 3.15. The molecule has 0 aliphatic rings. The molecule has 0 saturated carbocycles. The van der Waals surface area contributed by atoms with Crippen LogP contribution in [0.3, 0.4) is 0 Å². The molecule has 2 amide bonds. The zero-order chi connectivity index (χ0) is 24.1. The molecule has 0 aliphatic carbocycles. The normalized spacial score (nSPS) is 12.4. The lowest BCUT2D eigenvalue weighted by molar-refractivity contribution is -0.119. The maximum Gasteiger partial charge on any atom is 0.408 e. The lowest BCUT2D eigenvalue weighted by atomic mass is 10.1. The molecular weight excluding hydrogens is 432 g/mol. The molecule has 4 aromatic rings. The van der Waals surface area contributed by atoms with Gasteiger partial charge in [0, 0.05) is 22.5 Å². The molecule has 7 heteroatoms. The third-order valence-corrected chi connectivity index (χ3v) is 5.05. The summed E-state index contributed by atoms with van der Waals surface area (Å²) in [6, 6.07) is 21.9. The molecular formula is C27H28N2O5. The first-order valence-corrected chi connectivity index (χ1v) is 11.1. The summed E-state index contributed by atoms with van der Waals surface area (Å²) in [5.41, 5.74) is 2.27. The Balaban J connectivity index is 1.47. The largest absolute Gasteiger partial charge is 0.456 e. The van der Waals surface area contributed by atoms with Gasteiger partial charge in [-0.1, -0.05) is 48.5 Å². The highest BCUT2D eigenvalue weighted by atomic mass is 16.6. The number of alkyl carbamates (subject to hydrolysis) is 1. The van der Waals surface area contributed by atoms with Crippen molar-refractivity contribution in [1.29, 1.82) is 0 Å². The van der Waals surface area contributed by atoms with Crippen molar-refractivity contribution in [3.63, 3.8) is 0 Å². The maximum absolute atomic E-state index is 13.1. The summed E-state index contributed by atoms with van der Waals surface area (Å²) in [4.78, 5) is 25.4. The van der Waals surface area contributed by atoms with Crippen LogP contribution in [-0.2, 0) is 20.9 Å². The molecule has 0 aliphatic heterocycles. The van der Waals surface area contributed by atoms with Gasteiger partial charge in [-0.15, -0.1) is 0 Å². The van der Waals surface area contributed by atoms with Crippen molar-refractivity contribution >= 4 is 39.6 Å². The first-order chi connectivity index (χ1) is 16.3. The Bertz CT molecular complexity index is 1290. The van der Waals surface area contributed by atoms with E-state index in [0.29, 0.717) is 17.9 Å². The third kappa shape index (κ3) is 5.94. The van der Waals surface area contributed by atoms with Crippen LogP contribution >= 0.6 is 0 Å². The predicted molar refractivity (Wildman–Crippen MR) is 132 cm³/mol. The molecule has 1 heterocycles. The van der Waals surface area contributed by atoms with Gasteiger partial charge in [0.15, 0.2) is 0 Å². The Kier molecular flexibility index (Phi) is 6.84. The van der Waals surface area contributed by atoms with E-state index in [1.165, 1.54) is 0 Å². The summed E-state index contributed by atoms with van der Waals surface area (Å²) in [6.45, 7) is 5.57. The Hall–Kier alpha value is -3.84. The zero-order valence-corrected chi connectivity index (χ0v) is 19.5. The van der Waals surface area contributed by atoms with Crippen LogP contribution < -0.4 is 10.6 Å². The summed E-state index contributed by atoms with van der Waals surface area (Å²) >= 11 is 0. The maximum atomic E-state index is 13.1. The van der Waals surface area contributed by atoms with Crippen LogP contribution in [-0.4, -0.2) is 30.3 Å². The van der Waals surface area contributed by atoms with Crippen LogP contribution in [0.4, 0.5) is 10.5 Å². The van der Waals surface area contributed by atoms with E-state index < -0.39 is 23.6 Å². The van der Waals surface area contributed by atoms with Crippen LogP contribution in [0.2, 0.25) is 0 Å². The van der Waals surface area contributed by atoms with Crippen molar-refractivity contribution in [1.82, 2.24) is 5.32 Å². The van der Waals surface area contributed by atoms with Gasteiger partial charge in [0.1, 0.15) is 22.8 Å². The van der Waals surface area contributed by atoms with Gasteiger partial charge >= 0.3 is 6.09 Å². The van der Waals surface area contributed by atoms with Crippen molar-refractivity contribution in [2.24, 2.45) is 0 Å². The molecule has 1 aromatic heterocycles. The van der Waals surface area contributed by atoms with Crippen molar-refractivity contribution in [2.75, 3.05) is 11.9 Å². The summed E-state index contributed by atoms with van der Waals surface area (Å²) in [7, 11) is 0. The molecule has 2 N–H and O–H groups in total. The number of fused-ring (bicyclic) bond motifs is 3. The second-order valence-corrected chi connectivity index (χ2v) is 9.00. The minimum Gasteiger partial charge on any atom is -0.456 e. The number of amides is 2. The van der Waals surface area contributed by atoms with Gasteiger partial charge in [0.05, 0.1) is 13.2 Å². The van der Waals surface area contributed by atoms with Crippen molar-refractivity contribution in [2.45, 2.75) is 39.0 Å². The molecule has 0 radical (unpaired) electrons. The standard InChI is InChI=1S/C27H28N2O5/c1-27(2,3)34-26(31)29-22(17-32-16-18-9-5-4-6-10-18)25(30)28-19-13-14-21-20-11-7-8-12-23(20)33-24(21)15-19/h4-15,22H,16-17H2,1-3H3,(H,28,30)(H,29,31)/t22-/m0/s1. The summed E-state index contributed by atoms with van der Waals surface area (Å²) in [5.74, 6) is -0.422. The van der Waals surface area contributed by atoms with E-state index in [-0.39, 0.29) is 6.61 Å². The van der Waals surface area contributed by atoms with Crippen molar-refractivity contribution in [3.8, 4) is 0 Å². The number of hydrogen-bond donors (Lipinski definition) is 2. The van der Waals surface area contributed by atoms with Crippen LogP contribution in [0.25, 0.3) is 21.9 Å². The Morgan fingerprint density at radius 3 is 2.38 bits per heavy atom. The molecule has 0 saturated heterocycles. The first-order valence-electron chi connectivity index (χ1n) is 11.1. The van der Waals surface area contributed by atoms with Gasteiger partial charge in [-0.25, -0.2) is 4.79 Å². The van der Waals surface area contributed by atoms with Crippen LogP contribution in [0, 0.1) is 0 Å². The lowest BCUT2D eigenvalue weighted by Gasteiger charge is -2.23. The van der Waals surface area contributed by atoms with E-state index >= 15 is 0 Å². The van der Waals surface area contributed by atoms with Gasteiger partial charge in [-0.3, -0.25) is 4.79 Å². The van der Waals surface area contributed by atoms with Crippen LogP contribution in [0.1, 0.15) is 26.3 Å². The molecule has 34 heavy (non-hydrogen) atoms. The fourth-order valence-corrected chi connectivity index (χ4v) is 3.53. The Labute approximate surface area is 198 Å². The Morgan fingerprint density at radius 1 is 0.912 bits per heavy atom. The summed E-state index contributed by atoms with van der Waals surface area (Å²) in [5, 5.41) is 7.43. The second kappa shape index (κ2) is 9.97. The van der Waals surface area contributed by atoms with Crippen LogP contribution in [0.5, 0.6) is 0 Å². The minimum absolute atomic E-state index is 0.0210. The molecule has 7 nitrogen and oxygen atoms in total. The number of carbonyl (C=O) groups is 2. The van der Waals surface area contributed by atoms with Crippen molar-refractivity contribution in [3.05, 3.63) is 78.4 Å². The average molecular weight is 461 g/mol. The third-order valence-electron chi connectivity index (χ3n) is 5.05. The number of nitrogens with one attached hydrogen (secondary N) is 2. The fraction of sp³-hybridized carbons (Fsp3) is 0.259. The monoisotopic (exact) mass is 460 g/mol. The predicted octanol–water partition coefficient (Wildman–Crippen LogP) is 5.63. The summed E-state index contributed by atoms with van der Waals surface area (Å²) < 4.78 is 17.0. The van der Waals surface area contributed by atoms with E-state index in [2.05, 4.69) is 10.6 Å². The fourth-order valence-electron chi connectivity index (χ4n) is 3.53. The van der Waals surface area contributed by atoms with Gasteiger partial charge in [0.2, 0.25) is 5.91 Å². The highest BCUT2D eigenvalue weighted by molar-refractivity contribution is 6.06. The van der Waals surface area contributed by atoms with E-state index in [1.54, 1.807) is 32.9 Å². The zero-order valence-electron chi connectivity index (χ0n) is 19.5. The first kappa shape index (κ1) is 23.3. The number of carbonyl (C=O) groups excluding carboxylic acids is 2. The number of ether oxygens (including phenoxy) is 2. The molecule has 1 atom stereocenters. The summed E-state index contributed by atoms with van der Waals surface area (Å²) in [6.07, 6.45) is -0.691. The van der Waals surface area contributed by atoms with Crippen molar-refractivity contribution < 1.29 is 23.5 Å². The molecule has 0 fully saturated rings. The molecule has 3 aromatic carbocycles.